The second-order valence-electron chi connectivity index (χ2n) is 4.32. The average molecular weight is 261 g/mol. The summed E-state index contributed by atoms with van der Waals surface area (Å²) in [6.45, 7) is 2.60. The van der Waals surface area contributed by atoms with E-state index in [2.05, 4.69) is 0 Å². The van der Waals surface area contributed by atoms with Gasteiger partial charge >= 0.3 is 0 Å². The number of rotatable bonds is 4. The first-order chi connectivity index (χ1) is 9.04. The molecule has 0 fully saturated rings. The first kappa shape index (κ1) is 13.1. The maximum Gasteiger partial charge on any atom is 0.293 e. The summed E-state index contributed by atoms with van der Waals surface area (Å²) in [5.41, 5.74) is 0.514. The molecule has 0 aliphatic heterocycles. The summed E-state index contributed by atoms with van der Waals surface area (Å²) in [6, 6.07) is 6.67. The third-order valence-corrected chi connectivity index (χ3v) is 3.17. The first-order valence-corrected chi connectivity index (χ1v) is 6.00. The number of fused-ring (bicyclic) bond motifs is 1. The molecule has 0 N–H and O–H groups in total. The number of likely N-dealkylation sites (N-methyl/N-ethyl adjacent to an activating group) is 1. The number of nitrogens with zero attached hydrogens (tertiary/aromatic N) is 3. The van der Waals surface area contributed by atoms with Gasteiger partial charge in [0.1, 0.15) is 12.1 Å². The van der Waals surface area contributed by atoms with E-state index in [1.54, 1.807) is 40.9 Å². The van der Waals surface area contributed by atoms with Gasteiger partial charge in [0, 0.05) is 31.2 Å². The van der Waals surface area contributed by atoms with Crippen LogP contribution in [-0.2, 0) is 11.3 Å². The molecule has 100 valence electrons. The van der Waals surface area contributed by atoms with Crippen molar-refractivity contribution >= 4 is 22.5 Å². The van der Waals surface area contributed by atoms with E-state index in [0.717, 1.165) is 5.39 Å². The lowest BCUT2D eigenvalue weighted by Crippen LogP contribution is -2.29. The zero-order valence-corrected chi connectivity index (χ0v) is 10.9. The van der Waals surface area contributed by atoms with Crippen molar-refractivity contribution in [3.05, 3.63) is 40.6 Å². The van der Waals surface area contributed by atoms with Crippen LogP contribution in [0.2, 0.25) is 0 Å². The van der Waals surface area contributed by atoms with Crippen LogP contribution >= 0.6 is 0 Å². The zero-order valence-electron chi connectivity index (χ0n) is 10.9. The molecule has 6 nitrogen and oxygen atoms in total. The molecule has 1 heterocycles. The summed E-state index contributed by atoms with van der Waals surface area (Å²) < 4.78 is 1.63. The topological polar surface area (TPSA) is 68.4 Å². The van der Waals surface area contributed by atoms with E-state index in [-0.39, 0.29) is 18.1 Å². The van der Waals surface area contributed by atoms with Crippen LogP contribution in [0.5, 0.6) is 0 Å². The van der Waals surface area contributed by atoms with Crippen LogP contribution in [0.25, 0.3) is 10.9 Å². The van der Waals surface area contributed by atoms with Crippen molar-refractivity contribution in [3.63, 3.8) is 0 Å². The van der Waals surface area contributed by atoms with Gasteiger partial charge in [0.15, 0.2) is 0 Å². The molecule has 19 heavy (non-hydrogen) atoms. The van der Waals surface area contributed by atoms with E-state index in [0.29, 0.717) is 12.1 Å². The average Bonchev–Trinajstić information content (AvgIpc) is 2.80. The number of aromatic nitrogens is 1. The van der Waals surface area contributed by atoms with Crippen molar-refractivity contribution in [2.75, 3.05) is 13.6 Å². The molecule has 2 aromatic rings. The van der Waals surface area contributed by atoms with E-state index in [1.165, 1.54) is 6.07 Å². The molecule has 1 amide bonds. The molecule has 0 bridgehead atoms. The number of hydrogen-bond acceptors (Lipinski definition) is 3. The Balaban J connectivity index is 2.44. The van der Waals surface area contributed by atoms with Gasteiger partial charge in [-0.3, -0.25) is 14.9 Å². The predicted octanol–water partition coefficient (Wildman–Crippen LogP) is 2.03. The van der Waals surface area contributed by atoms with Gasteiger partial charge in [0.05, 0.1) is 4.92 Å². The van der Waals surface area contributed by atoms with Crippen LogP contribution in [0.1, 0.15) is 6.92 Å². The van der Waals surface area contributed by atoms with Crippen LogP contribution in [0.4, 0.5) is 5.69 Å². The molecule has 0 saturated carbocycles. The lowest BCUT2D eigenvalue weighted by Gasteiger charge is -2.15. The lowest BCUT2D eigenvalue weighted by atomic mass is 10.2. The Morgan fingerprint density at radius 3 is 2.79 bits per heavy atom. The highest BCUT2D eigenvalue weighted by Gasteiger charge is 2.17. The highest BCUT2D eigenvalue weighted by molar-refractivity contribution is 5.90. The standard InChI is InChI=1S/C13H15N3O3/c1-3-14(2)12(17)9-15-8-7-10-5-4-6-11(13(10)15)16(18)19/h4-8H,3,9H2,1-2H3. The normalized spacial score (nSPS) is 10.6. The maximum absolute atomic E-state index is 11.9. The molecule has 0 aliphatic carbocycles. The number of nitro benzene ring substituents is 1. The van der Waals surface area contributed by atoms with Gasteiger partial charge < -0.3 is 9.47 Å². The van der Waals surface area contributed by atoms with Crippen molar-refractivity contribution in [1.82, 2.24) is 9.47 Å². The fourth-order valence-electron chi connectivity index (χ4n) is 1.96. The number of benzene rings is 1. The molecule has 6 heteroatoms. The van der Waals surface area contributed by atoms with Gasteiger partial charge in [-0.25, -0.2) is 0 Å². The summed E-state index contributed by atoms with van der Waals surface area (Å²) in [6.07, 6.45) is 1.71. The molecule has 1 aromatic carbocycles. The SMILES string of the molecule is CCN(C)C(=O)Cn1ccc2cccc([N+](=O)[O-])c21. The van der Waals surface area contributed by atoms with Gasteiger partial charge in [-0.15, -0.1) is 0 Å². The molecule has 0 unspecified atom stereocenters. The van der Waals surface area contributed by atoms with E-state index >= 15 is 0 Å². The van der Waals surface area contributed by atoms with Crippen LogP contribution in [-0.4, -0.2) is 33.9 Å². The van der Waals surface area contributed by atoms with Gasteiger partial charge in [-0.2, -0.15) is 0 Å². The number of hydrogen-bond donors (Lipinski definition) is 0. The minimum atomic E-state index is -0.424. The molecule has 0 atom stereocenters. The van der Waals surface area contributed by atoms with Crippen molar-refractivity contribution in [2.45, 2.75) is 13.5 Å². The van der Waals surface area contributed by atoms with Gasteiger partial charge in [-0.1, -0.05) is 12.1 Å². The smallest absolute Gasteiger partial charge is 0.293 e. The Bertz CT molecular complexity index is 633. The Labute approximate surface area is 110 Å². The summed E-state index contributed by atoms with van der Waals surface area (Å²) in [5, 5.41) is 11.8. The Morgan fingerprint density at radius 2 is 2.16 bits per heavy atom. The fraction of sp³-hybridized carbons (Fsp3) is 0.308. The number of non-ortho nitro benzene ring substituents is 1. The second-order valence-corrected chi connectivity index (χ2v) is 4.32. The van der Waals surface area contributed by atoms with Crippen LogP contribution in [0, 0.1) is 10.1 Å². The van der Waals surface area contributed by atoms with E-state index < -0.39 is 4.92 Å². The number of amides is 1. The summed E-state index contributed by atoms with van der Waals surface area (Å²) in [5.74, 6) is -0.0712. The quantitative estimate of drug-likeness (QED) is 0.624. The molecule has 0 saturated heterocycles. The summed E-state index contributed by atoms with van der Waals surface area (Å²) >= 11 is 0. The summed E-state index contributed by atoms with van der Waals surface area (Å²) in [4.78, 5) is 24.1. The van der Waals surface area contributed by atoms with E-state index in [1.807, 2.05) is 6.92 Å². The van der Waals surface area contributed by atoms with E-state index in [9.17, 15) is 14.9 Å². The lowest BCUT2D eigenvalue weighted by molar-refractivity contribution is -0.383. The van der Waals surface area contributed by atoms with Crippen LogP contribution < -0.4 is 0 Å². The highest BCUT2D eigenvalue weighted by atomic mass is 16.6. The molecular weight excluding hydrogens is 246 g/mol. The second kappa shape index (κ2) is 5.09. The van der Waals surface area contributed by atoms with Crippen LogP contribution in [0.3, 0.4) is 0 Å². The Hall–Kier alpha value is -2.37. The molecular formula is C13H15N3O3. The number of carbonyl (C=O) groups excluding carboxylic acids is 1. The van der Waals surface area contributed by atoms with E-state index in [4.69, 9.17) is 0 Å². The first-order valence-electron chi connectivity index (χ1n) is 6.00. The fourth-order valence-corrected chi connectivity index (χ4v) is 1.96. The molecule has 0 radical (unpaired) electrons. The number of nitro groups is 1. The van der Waals surface area contributed by atoms with Gasteiger partial charge in [0.2, 0.25) is 5.91 Å². The van der Waals surface area contributed by atoms with Crippen molar-refractivity contribution in [1.29, 1.82) is 0 Å². The molecule has 0 spiro atoms. The van der Waals surface area contributed by atoms with Gasteiger partial charge in [-0.05, 0) is 13.0 Å². The molecule has 1 aromatic heterocycles. The zero-order chi connectivity index (χ0) is 14.0. The van der Waals surface area contributed by atoms with Crippen molar-refractivity contribution < 1.29 is 9.72 Å². The Kier molecular flexibility index (Phi) is 3.50. The maximum atomic E-state index is 11.9. The molecule has 0 aliphatic rings. The third kappa shape index (κ3) is 2.42. The highest BCUT2D eigenvalue weighted by Crippen LogP contribution is 2.26. The Morgan fingerprint density at radius 1 is 1.42 bits per heavy atom. The van der Waals surface area contributed by atoms with Gasteiger partial charge in [0.25, 0.3) is 5.69 Å². The monoisotopic (exact) mass is 261 g/mol. The third-order valence-electron chi connectivity index (χ3n) is 3.17. The van der Waals surface area contributed by atoms with Crippen molar-refractivity contribution in [2.24, 2.45) is 0 Å². The minimum absolute atomic E-state index is 0.0226. The summed E-state index contributed by atoms with van der Waals surface area (Å²) in [7, 11) is 1.71. The molecule has 2 rings (SSSR count). The van der Waals surface area contributed by atoms with Crippen molar-refractivity contribution in [3.8, 4) is 0 Å². The predicted molar refractivity (Wildman–Crippen MR) is 71.9 cm³/mol. The largest absolute Gasteiger partial charge is 0.344 e. The minimum Gasteiger partial charge on any atom is -0.344 e. The number of carbonyl (C=O) groups is 1. The number of para-hydroxylation sites is 1. The van der Waals surface area contributed by atoms with Crippen LogP contribution in [0.15, 0.2) is 30.5 Å².